The minimum Gasteiger partial charge on any atom is -0.463 e. The minimum atomic E-state index is -0.749. The normalized spacial score (nSPS) is 15.0. The summed E-state index contributed by atoms with van der Waals surface area (Å²) in [4.78, 5) is 33.2. The molecule has 1 atom stereocenters. The van der Waals surface area contributed by atoms with Crippen molar-refractivity contribution in [1.29, 1.82) is 0 Å². The third kappa shape index (κ3) is 5.71. The van der Waals surface area contributed by atoms with Gasteiger partial charge in [0.25, 0.3) is 5.56 Å². The number of carbonyl (C=O) groups excluding carboxylic acids is 1. The topological polar surface area (TPSA) is 73.8 Å². The molecule has 6 nitrogen and oxygen atoms in total. The largest absolute Gasteiger partial charge is 0.463 e. The van der Waals surface area contributed by atoms with E-state index in [4.69, 9.17) is 37.3 Å². The van der Waals surface area contributed by atoms with Crippen LogP contribution in [0.1, 0.15) is 55.2 Å². The molecule has 9 heteroatoms. The zero-order valence-electron chi connectivity index (χ0n) is 24.2. The molecule has 0 saturated heterocycles. The number of thiazole rings is 1. The molecule has 3 heterocycles. The number of hydrogen-bond donors (Lipinski definition) is 0. The monoisotopic (exact) mass is 642 g/mol. The van der Waals surface area contributed by atoms with Gasteiger partial charge < -0.3 is 9.15 Å². The van der Waals surface area contributed by atoms with Crippen molar-refractivity contribution < 1.29 is 13.9 Å². The van der Waals surface area contributed by atoms with Gasteiger partial charge in [-0.1, -0.05) is 103 Å². The first-order chi connectivity index (χ1) is 21.2. The van der Waals surface area contributed by atoms with Gasteiger partial charge in [-0.15, -0.1) is 0 Å². The number of hydrogen-bond acceptors (Lipinski definition) is 6. The molecule has 0 fully saturated rings. The van der Waals surface area contributed by atoms with E-state index in [-0.39, 0.29) is 12.2 Å². The third-order valence-electron chi connectivity index (χ3n) is 7.39. The number of nitrogens with zero attached hydrogens (tertiary/aromatic N) is 2. The highest BCUT2D eigenvalue weighted by Crippen LogP contribution is 2.36. The van der Waals surface area contributed by atoms with Gasteiger partial charge in [-0.3, -0.25) is 9.36 Å². The summed E-state index contributed by atoms with van der Waals surface area (Å²) in [5, 5.41) is 1.03. The fraction of sp³-hybridized carbons (Fsp3) is 0.171. The summed E-state index contributed by atoms with van der Waals surface area (Å²) in [7, 11) is 0. The van der Waals surface area contributed by atoms with E-state index < -0.39 is 12.0 Å². The molecule has 222 valence electrons. The van der Waals surface area contributed by atoms with Gasteiger partial charge in [0, 0.05) is 22.2 Å². The molecule has 0 radical (unpaired) electrons. The maximum atomic E-state index is 14.1. The molecule has 2 aromatic heterocycles. The first-order valence-corrected chi connectivity index (χ1v) is 15.8. The quantitative estimate of drug-likeness (QED) is 0.171. The van der Waals surface area contributed by atoms with Gasteiger partial charge in [0.05, 0.1) is 33.5 Å². The number of aromatic nitrogens is 1. The highest BCUT2D eigenvalue weighted by molar-refractivity contribution is 7.07. The Bertz CT molecular complexity index is 2070. The van der Waals surface area contributed by atoms with E-state index in [1.165, 1.54) is 11.3 Å². The standard InChI is InChI=1S/C35H28Cl2N2O4S/c1-4-42-34(41)30-31(22-8-6-5-7-9-22)38-35-39(32(30)23-12-10-21(11-13-23)20(2)3)33(40)29(44-35)19-25-15-17-28(43-25)26-18-24(36)14-16-27(26)37/h5-20,32H,4H2,1-3H3/b29-19-/t32-/m1/s1. The SMILES string of the molecule is CCOC(=O)C1=C(c2ccccc2)N=c2s/c(=C\c3ccc(-c4cc(Cl)ccc4Cl)o3)c(=O)n2[C@@H]1c1ccc(C(C)C)cc1. The second kappa shape index (κ2) is 12.4. The summed E-state index contributed by atoms with van der Waals surface area (Å²) in [6, 6.07) is 25.4. The van der Waals surface area contributed by atoms with E-state index in [2.05, 4.69) is 13.8 Å². The number of benzene rings is 3. The fourth-order valence-corrected chi connectivity index (χ4v) is 6.57. The van der Waals surface area contributed by atoms with Crippen molar-refractivity contribution in [2.45, 2.75) is 32.7 Å². The molecule has 3 aromatic carbocycles. The highest BCUT2D eigenvalue weighted by Gasteiger charge is 2.35. The molecule has 0 bridgehead atoms. The Morgan fingerprint density at radius 3 is 2.50 bits per heavy atom. The van der Waals surface area contributed by atoms with Crippen molar-refractivity contribution >= 4 is 52.3 Å². The van der Waals surface area contributed by atoms with Gasteiger partial charge in [0.1, 0.15) is 11.5 Å². The first kappa shape index (κ1) is 29.9. The molecule has 44 heavy (non-hydrogen) atoms. The van der Waals surface area contributed by atoms with Crippen molar-refractivity contribution in [1.82, 2.24) is 4.57 Å². The van der Waals surface area contributed by atoms with Gasteiger partial charge in [-0.05, 0) is 54.3 Å². The Morgan fingerprint density at radius 1 is 1.05 bits per heavy atom. The van der Waals surface area contributed by atoms with E-state index in [9.17, 15) is 9.59 Å². The second-order valence-electron chi connectivity index (χ2n) is 10.6. The maximum absolute atomic E-state index is 14.1. The van der Waals surface area contributed by atoms with E-state index in [1.807, 2.05) is 54.6 Å². The van der Waals surface area contributed by atoms with Crippen LogP contribution in [0.3, 0.4) is 0 Å². The van der Waals surface area contributed by atoms with Gasteiger partial charge in [0.2, 0.25) is 0 Å². The second-order valence-corrected chi connectivity index (χ2v) is 12.4. The Morgan fingerprint density at radius 2 is 1.80 bits per heavy atom. The molecule has 0 saturated carbocycles. The smallest absolute Gasteiger partial charge is 0.338 e. The van der Waals surface area contributed by atoms with Crippen molar-refractivity contribution in [3.05, 3.63) is 143 Å². The number of rotatable bonds is 7. The third-order valence-corrected chi connectivity index (χ3v) is 8.93. The lowest BCUT2D eigenvalue weighted by molar-refractivity contribution is -0.138. The zero-order chi connectivity index (χ0) is 31.0. The van der Waals surface area contributed by atoms with Crippen molar-refractivity contribution in [3.8, 4) is 11.3 Å². The molecule has 6 rings (SSSR count). The number of halogens is 2. The number of ether oxygens (including phenoxy) is 1. The number of fused-ring (bicyclic) bond motifs is 1. The maximum Gasteiger partial charge on any atom is 0.338 e. The number of furan rings is 1. The highest BCUT2D eigenvalue weighted by atomic mass is 35.5. The van der Waals surface area contributed by atoms with Crippen molar-refractivity contribution in [3.63, 3.8) is 0 Å². The number of esters is 1. The summed E-state index contributed by atoms with van der Waals surface area (Å²) < 4.78 is 13.6. The van der Waals surface area contributed by atoms with Crippen LogP contribution in [-0.4, -0.2) is 17.1 Å². The Kier molecular flexibility index (Phi) is 8.45. The molecule has 0 amide bonds. The number of carbonyl (C=O) groups is 1. The van der Waals surface area contributed by atoms with Crippen LogP contribution in [0.5, 0.6) is 0 Å². The van der Waals surface area contributed by atoms with Crippen LogP contribution < -0.4 is 14.9 Å². The summed E-state index contributed by atoms with van der Waals surface area (Å²) in [6.07, 6.45) is 1.68. The summed E-state index contributed by atoms with van der Waals surface area (Å²) >= 11 is 13.8. The summed E-state index contributed by atoms with van der Waals surface area (Å²) in [5.41, 5.74) is 3.84. The van der Waals surface area contributed by atoms with Gasteiger partial charge >= 0.3 is 5.97 Å². The Hall–Kier alpha value is -4.17. The van der Waals surface area contributed by atoms with E-state index in [0.717, 1.165) is 16.7 Å². The summed E-state index contributed by atoms with van der Waals surface area (Å²) in [5.74, 6) is 0.796. The molecular weight excluding hydrogens is 615 g/mol. The van der Waals surface area contributed by atoms with Crippen molar-refractivity contribution in [2.24, 2.45) is 4.99 Å². The van der Waals surface area contributed by atoms with Crippen LogP contribution in [-0.2, 0) is 9.53 Å². The van der Waals surface area contributed by atoms with Gasteiger partial charge in [-0.25, -0.2) is 9.79 Å². The Labute approximate surface area is 268 Å². The van der Waals surface area contributed by atoms with Crippen LogP contribution in [0.2, 0.25) is 10.0 Å². The molecule has 5 aromatic rings. The lowest BCUT2D eigenvalue weighted by Gasteiger charge is -2.26. The van der Waals surface area contributed by atoms with Crippen LogP contribution in [0.15, 0.2) is 105 Å². The minimum absolute atomic E-state index is 0.186. The molecule has 0 N–H and O–H groups in total. The predicted molar refractivity (Wildman–Crippen MR) is 176 cm³/mol. The van der Waals surface area contributed by atoms with Gasteiger partial charge in [0.15, 0.2) is 4.80 Å². The first-order valence-electron chi connectivity index (χ1n) is 14.2. The van der Waals surface area contributed by atoms with Crippen LogP contribution in [0.4, 0.5) is 0 Å². The zero-order valence-corrected chi connectivity index (χ0v) is 26.5. The van der Waals surface area contributed by atoms with Crippen LogP contribution in [0.25, 0.3) is 23.1 Å². The molecule has 0 unspecified atom stereocenters. The van der Waals surface area contributed by atoms with Gasteiger partial charge in [-0.2, -0.15) is 0 Å². The van der Waals surface area contributed by atoms with Crippen molar-refractivity contribution in [2.75, 3.05) is 6.61 Å². The molecule has 1 aliphatic rings. The molecule has 1 aliphatic heterocycles. The lowest BCUT2D eigenvalue weighted by Crippen LogP contribution is -2.40. The van der Waals surface area contributed by atoms with E-state index >= 15 is 0 Å². The molecule has 0 spiro atoms. The van der Waals surface area contributed by atoms with E-state index in [0.29, 0.717) is 53.7 Å². The van der Waals surface area contributed by atoms with Crippen LogP contribution in [0, 0.1) is 0 Å². The summed E-state index contributed by atoms with van der Waals surface area (Å²) in [6.45, 7) is 6.19. The van der Waals surface area contributed by atoms with Crippen LogP contribution >= 0.6 is 34.5 Å². The lowest BCUT2D eigenvalue weighted by atomic mass is 9.91. The predicted octanol–water partition coefficient (Wildman–Crippen LogP) is 7.63. The van der Waals surface area contributed by atoms with E-state index in [1.54, 1.807) is 47.9 Å². The average molecular weight is 644 g/mol. The fourth-order valence-electron chi connectivity index (χ4n) is 5.21. The molecule has 0 aliphatic carbocycles. The Balaban J connectivity index is 1.56. The average Bonchev–Trinajstić information content (AvgIpc) is 3.62. The molecular formula is C35H28Cl2N2O4S.